The van der Waals surface area contributed by atoms with Crippen LogP contribution in [-0.4, -0.2) is 19.8 Å². The number of nitrogens with two attached hydrogens (primary N) is 1. The van der Waals surface area contributed by atoms with Crippen LogP contribution in [0.4, 0.5) is 0 Å². The number of rotatable bonds is 6. The predicted molar refractivity (Wildman–Crippen MR) is 62.6 cm³/mol. The first-order valence-corrected chi connectivity index (χ1v) is 5.33. The molecule has 4 nitrogen and oxygen atoms in total. The minimum absolute atomic E-state index is 0.129. The molecule has 0 heterocycles. The van der Waals surface area contributed by atoms with Crippen molar-refractivity contribution in [1.82, 2.24) is 0 Å². The molecule has 1 rings (SSSR count). The van der Waals surface area contributed by atoms with E-state index in [0.717, 1.165) is 17.1 Å². The Hall–Kier alpha value is -1.26. The smallest absolute Gasteiger partial charge is 0.126 e. The molecule has 0 spiro atoms. The van der Waals surface area contributed by atoms with E-state index in [-0.39, 0.29) is 6.10 Å². The van der Waals surface area contributed by atoms with E-state index in [1.54, 1.807) is 7.11 Å². The molecule has 16 heavy (non-hydrogen) atoms. The Morgan fingerprint density at radius 2 is 1.94 bits per heavy atom. The van der Waals surface area contributed by atoms with Gasteiger partial charge in [-0.1, -0.05) is 6.07 Å². The highest BCUT2D eigenvalue weighted by Gasteiger charge is 2.11. The van der Waals surface area contributed by atoms with Crippen molar-refractivity contribution in [3.05, 3.63) is 23.8 Å². The predicted octanol–water partition coefficient (Wildman–Crippen LogP) is 1.92. The summed E-state index contributed by atoms with van der Waals surface area (Å²) in [6.07, 6.45) is 0.799. The van der Waals surface area contributed by atoms with E-state index in [1.807, 2.05) is 32.0 Å². The lowest BCUT2D eigenvalue weighted by atomic mass is 10.1. The Kier molecular flexibility index (Phi) is 5.08. The molecule has 0 aliphatic heterocycles. The van der Waals surface area contributed by atoms with Gasteiger partial charge < -0.3 is 14.3 Å². The van der Waals surface area contributed by atoms with Gasteiger partial charge in [0.05, 0.1) is 19.8 Å². The van der Waals surface area contributed by atoms with E-state index in [4.69, 9.17) is 15.4 Å². The summed E-state index contributed by atoms with van der Waals surface area (Å²) in [5.41, 5.74) is 0.990. The van der Waals surface area contributed by atoms with Gasteiger partial charge in [0.15, 0.2) is 0 Å². The zero-order chi connectivity index (χ0) is 12.0. The molecule has 0 saturated heterocycles. The van der Waals surface area contributed by atoms with Crippen molar-refractivity contribution in [2.45, 2.75) is 26.4 Å². The molecule has 0 aromatic heterocycles. The van der Waals surface area contributed by atoms with Crippen molar-refractivity contribution in [2.75, 3.05) is 13.7 Å². The Balaban J connectivity index is 2.95. The highest BCUT2D eigenvalue weighted by atomic mass is 16.6. The molecule has 0 atom stereocenters. The molecule has 0 fully saturated rings. The molecule has 0 radical (unpaired) electrons. The lowest BCUT2D eigenvalue weighted by molar-refractivity contribution is 0.139. The Labute approximate surface area is 96.3 Å². The molecule has 2 N–H and O–H groups in total. The van der Waals surface area contributed by atoms with Gasteiger partial charge in [-0.15, -0.1) is 0 Å². The zero-order valence-electron chi connectivity index (χ0n) is 10.0. The third-order valence-electron chi connectivity index (χ3n) is 2.14. The maximum atomic E-state index is 5.71. The lowest BCUT2D eigenvalue weighted by Gasteiger charge is -2.16. The molecular formula is C12H19NO3. The minimum Gasteiger partial charge on any atom is -0.496 e. The third kappa shape index (κ3) is 3.40. The average Bonchev–Trinajstić information content (AvgIpc) is 2.26. The fraction of sp³-hybridized carbons (Fsp3) is 0.500. The van der Waals surface area contributed by atoms with Crippen LogP contribution in [0.2, 0.25) is 0 Å². The second-order valence-corrected chi connectivity index (χ2v) is 3.72. The van der Waals surface area contributed by atoms with Gasteiger partial charge in [0.25, 0.3) is 0 Å². The fourth-order valence-electron chi connectivity index (χ4n) is 1.51. The summed E-state index contributed by atoms with van der Waals surface area (Å²) in [5, 5.41) is 0. The largest absolute Gasteiger partial charge is 0.496 e. The summed E-state index contributed by atoms with van der Waals surface area (Å²) >= 11 is 0. The summed E-state index contributed by atoms with van der Waals surface area (Å²) in [5.74, 6) is 6.66. The quantitative estimate of drug-likeness (QED) is 0.751. The van der Waals surface area contributed by atoms with E-state index in [0.29, 0.717) is 13.0 Å². The van der Waals surface area contributed by atoms with Gasteiger partial charge in [0, 0.05) is 12.0 Å². The number of ether oxygens (including phenoxy) is 2. The maximum absolute atomic E-state index is 5.71. The lowest BCUT2D eigenvalue weighted by Crippen LogP contribution is -2.10. The number of benzene rings is 1. The standard InChI is InChI=1S/C12H19NO3/c1-9(2)16-12-6-4-5-11(14-3)10(12)7-8-15-13/h4-6,9H,7-8,13H2,1-3H3. The highest BCUT2D eigenvalue weighted by Crippen LogP contribution is 2.29. The molecule has 0 amide bonds. The summed E-state index contributed by atoms with van der Waals surface area (Å²) in [6.45, 7) is 4.42. The van der Waals surface area contributed by atoms with Crippen LogP contribution in [0, 0.1) is 0 Å². The highest BCUT2D eigenvalue weighted by molar-refractivity contribution is 5.45. The monoisotopic (exact) mass is 225 g/mol. The van der Waals surface area contributed by atoms with Crippen LogP contribution >= 0.6 is 0 Å². The van der Waals surface area contributed by atoms with Crippen molar-refractivity contribution in [3.63, 3.8) is 0 Å². The summed E-state index contributed by atoms with van der Waals surface area (Å²) in [7, 11) is 1.64. The Morgan fingerprint density at radius 1 is 1.25 bits per heavy atom. The molecule has 1 aromatic carbocycles. The van der Waals surface area contributed by atoms with Gasteiger partial charge in [-0.2, -0.15) is 0 Å². The maximum Gasteiger partial charge on any atom is 0.126 e. The Bertz CT molecular complexity index is 326. The molecular weight excluding hydrogens is 206 g/mol. The van der Waals surface area contributed by atoms with Gasteiger partial charge in [0.1, 0.15) is 11.5 Å². The van der Waals surface area contributed by atoms with E-state index in [9.17, 15) is 0 Å². The van der Waals surface area contributed by atoms with E-state index in [2.05, 4.69) is 4.84 Å². The van der Waals surface area contributed by atoms with Gasteiger partial charge in [-0.05, 0) is 26.0 Å². The first-order chi connectivity index (χ1) is 7.69. The minimum atomic E-state index is 0.129. The van der Waals surface area contributed by atoms with Crippen molar-refractivity contribution in [3.8, 4) is 11.5 Å². The second-order valence-electron chi connectivity index (χ2n) is 3.72. The third-order valence-corrected chi connectivity index (χ3v) is 2.14. The molecule has 4 heteroatoms. The molecule has 0 unspecified atom stereocenters. The van der Waals surface area contributed by atoms with Crippen LogP contribution in [0.5, 0.6) is 11.5 Å². The second kappa shape index (κ2) is 6.35. The topological polar surface area (TPSA) is 53.7 Å². The van der Waals surface area contributed by atoms with Gasteiger partial charge in [-0.25, -0.2) is 5.90 Å². The van der Waals surface area contributed by atoms with Crippen molar-refractivity contribution < 1.29 is 14.3 Å². The molecule has 0 saturated carbocycles. The molecule has 90 valence electrons. The van der Waals surface area contributed by atoms with Gasteiger partial charge >= 0.3 is 0 Å². The van der Waals surface area contributed by atoms with Crippen LogP contribution in [0.1, 0.15) is 19.4 Å². The van der Waals surface area contributed by atoms with Crippen molar-refractivity contribution >= 4 is 0 Å². The van der Waals surface area contributed by atoms with Crippen LogP contribution in [0.3, 0.4) is 0 Å². The zero-order valence-corrected chi connectivity index (χ0v) is 10.0. The normalized spacial score (nSPS) is 10.6. The number of hydrogen-bond donors (Lipinski definition) is 1. The first-order valence-electron chi connectivity index (χ1n) is 5.33. The average molecular weight is 225 g/mol. The fourth-order valence-corrected chi connectivity index (χ4v) is 1.51. The number of methoxy groups -OCH3 is 1. The SMILES string of the molecule is COc1cccc(OC(C)C)c1CCON. The van der Waals surface area contributed by atoms with Crippen LogP contribution in [0.25, 0.3) is 0 Å². The van der Waals surface area contributed by atoms with Gasteiger partial charge in [-0.3, -0.25) is 0 Å². The van der Waals surface area contributed by atoms with E-state index in [1.165, 1.54) is 0 Å². The summed E-state index contributed by atoms with van der Waals surface area (Å²) in [6, 6.07) is 5.73. The van der Waals surface area contributed by atoms with Crippen molar-refractivity contribution in [2.24, 2.45) is 5.90 Å². The van der Waals surface area contributed by atoms with Crippen LogP contribution < -0.4 is 15.4 Å². The molecule has 1 aromatic rings. The van der Waals surface area contributed by atoms with Crippen LogP contribution in [0.15, 0.2) is 18.2 Å². The molecule has 0 aliphatic carbocycles. The first kappa shape index (κ1) is 12.8. The van der Waals surface area contributed by atoms with E-state index >= 15 is 0 Å². The van der Waals surface area contributed by atoms with Crippen LogP contribution in [-0.2, 0) is 11.3 Å². The Morgan fingerprint density at radius 3 is 2.50 bits per heavy atom. The van der Waals surface area contributed by atoms with Crippen molar-refractivity contribution in [1.29, 1.82) is 0 Å². The summed E-state index contributed by atoms with van der Waals surface area (Å²) in [4.78, 5) is 4.59. The van der Waals surface area contributed by atoms with E-state index < -0.39 is 0 Å². The summed E-state index contributed by atoms with van der Waals surface area (Å²) < 4.78 is 11.0. The van der Waals surface area contributed by atoms with Gasteiger partial charge in [0.2, 0.25) is 0 Å². The molecule has 0 bridgehead atoms. The molecule has 0 aliphatic rings. The number of hydrogen-bond acceptors (Lipinski definition) is 4.